The monoisotopic (exact) mass is 768 g/mol. The quantitative estimate of drug-likeness (QED) is 0.184. The van der Waals surface area contributed by atoms with Crippen LogP contribution >= 0.6 is 0 Å². The summed E-state index contributed by atoms with van der Waals surface area (Å²) in [5, 5.41) is 0. The van der Waals surface area contributed by atoms with Crippen LogP contribution in [0.2, 0.25) is 0 Å². The number of nitrogens with one attached hydrogen (secondary N) is 2. The number of aromatic nitrogens is 4. The van der Waals surface area contributed by atoms with Gasteiger partial charge >= 0.3 is 12.2 Å². The van der Waals surface area contributed by atoms with Gasteiger partial charge in [-0.2, -0.15) is 0 Å². The number of fused-ring (bicyclic) bond motifs is 3. The highest BCUT2D eigenvalue weighted by atomic mass is 16.6. The fourth-order valence-electron chi connectivity index (χ4n) is 10.1. The number of ether oxygens (including phenoxy) is 2. The minimum absolute atomic E-state index is 0.116. The molecule has 4 heterocycles. The number of aromatic amines is 2. The number of nitrogens with zero attached hydrogens (tertiary/aromatic N) is 4. The second-order valence-electron chi connectivity index (χ2n) is 18.8. The maximum atomic E-state index is 13.1. The molecule has 10 heteroatoms. The van der Waals surface area contributed by atoms with Crippen molar-refractivity contribution in [2.24, 2.45) is 0 Å². The van der Waals surface area contributed by atoms with Crippen molar-refractivity contribution < 1.29 is 19.1 Å². The third-order valence-corrected chi connectivity index (χ3v) is 12.6. The Morgan fingerprint density at radius 1 is 0.702 bits per heavy atom. The Kier molecular flexibility index (Phi) is 9.24. The molecule has 2 atom stereocenters. The summed E-state index contributed by atoms with van der Waals surface area (Å²) in [4.78, 5) is 46.6. The third-order valence-electron chi connectivity index (χ3n) is 12.6. The largest absolute Gasteiger partial charge is 0.444 e. The minimum atomic E-state index is -0.543. The van der Waals surface area contributed by atoms with Crippen LogP contribution in [-0.4, -0.2) is 66.2 Å². The standard InChI is InChI=1S/C47H56N6O4/c1-45(2,3)56-43(54)52-25-9-11-38(52)41-48-28-37(51-41)30-15-13-29(14-16-30)33-19-18-32(34-21-24-47(40(33)34)22-7-8-23-47)31-17-20-35-36(27-31)50-42(49-35)39-12-10-26-53(39)44(55)57-46(4,5)6/h13-20,27-28,38-39H,7-12,21-26H2,1-6H3,(H,48,51)(H,49,50)/t38-,39?/m0/s1. The normalized spacial score (nSPS) is 20.5. The molecular formula is C47H56N6O4. The molecule has 2 aromatic heterocycles. The van der Waals surface area contributed by atoms with Gasteiger partial charge in [0, 0.05) is 13.1 Å². The smallest absolute Gasteiger partial charge is 0.410 e. The highest BCUT2D eigenvalue weighted by molar-refractivity contribution is 5.86. The summed E-state index contributed by atoms with van der Waals surface area (Å²) in [7, 11) is 0. The lowest BCUT2D eigenvalue weighted by Gasteiger charge is -2.28. The van der Waals surface area contributed by atoms with E-state index in [9.17, 15) is 9.59 Å². The number of H-pyrrole nitrogens is 2. The first-order valence-corrected chi connectivity index (χ1v) is 21.1. The van der Waals surface area contributed by atoms with Crippen molar-refractivity contribution in [3.05, 3.63) is 83.6 Å². The number of hydrogen-bond acceptors (Lipinski definition) is 6. The van der Waals surface area contributed by atoms with Gasteiger partial charge in [-0.1, -0.05) is 55.3 Å². The van der Waals surface area contributed by atoms with Gasteiger partial charge in [0.1, 0.15) is 22.9 Å². The number of likely N-dealkylation sites (tertiary alicyclic amines) is 2. The van der Waals surface area contributed by atoms with Crippen molar-refractivity contribution in [1.29, 1.82) is 0 Å². The molecule has 57 heavy (non-hydrogen) atoms. The summed E-state index contributed by atoms with van der Waals surface area (Å²) in [6, 6.07) is 19.9. The van der Waals surface area contributed by atoms with E-state index >= 15 is 0 Å². The first-order valence-electron chi connectivity index (χ1n) is 21.1. The van der Waals surface area contributed by atoms with E-state index in [2.05, 4.69) is 64.6 Å². The molecule has 298 valence electrons. The van der Waals surface area contributed by atoms with E-state index in [1.807, 2.05) is 57.5 Å². The minimum Gasteiger partial charge on any atom is -0.444 e. The predicted molar refractivity (Wildman–Crippen MR) is 223 cm³/mol. The van der Waals surface area contributed by atoms with Crippen molar-refractivity contribution in [2.45, 2.75) is 134 Å². The fraction of sp³-hybridized carbons (Fsp3) is 0.489. The van der Waals surface area contributed by atoms with Crippen LogP contribution in [0.1, 0.15) is 134 Å². The number of benzene rings is 3. The summed E-state index contributed by atoms with van der Waals surface area (Å²) in [5.41, 5.74) is 11.2. The van der Waals surface area contributed by atoms with E-state index in [0.29, 0.717) is 13.1 Å². The molecule has 9 rings (SSSR count). The van der Waals surface area contributed by atoms with Crippen LogP contribution in [0.5, 0.6) is 0 Å². The van der Waals surface area contributed by atoms with E-state index in [1.165, 1.54) is 59.9 Å². The Labute approximate surface area is 335 Å². The van der Waals surface area contributed by atoms with Crippen LogP contribution < -0.4 is 0 Å². The molecular weight excluding hydrogens is 713 g/mol. The predicted octanol–water partition coefficient (Wildman–Crippen LogP) is 11.2. The van der Waals surface area contributed by atoms with Crippen LogP contribution in [0, 0.1) is 0 Å². The molecule has 2 N–H and O–H groups in total. The Morgan fingerprint density at radius 2 is 1.30 bits per heavy atom. The van der Waals surface area contributed by atoms with Gasteiger partial charge in [-0.3, -0.25) is 9.80 Å². The van der Waals surface area contributed by atoms with Crippen LogP contribution in [0.25, 0.3) is 44.5 Å². The van der Waals surface area contributed by atoms with Crippen LogP contribution in [0.15, 0.2) is 60.8 Å². The first-order chi connectivity index (χ1) is 27.3. The summed E-state index contributed by atoms with van der Waals surface area (Å²) in [6.45, 7) is 12.8. The molecule has 5 aromatic rings. The van der Waals surface area contributed by atoms with Gasteiger partial charge in [0.05, 0.1) is 35.0 Å². The second-order valence-corrected chi connectivity index (χ2v) is 18.8. The topological polar surface area (TPSA) is 116 Å². The molecule has 2 aliphatic carbocycles. The van der Waals surface area contributed by atoms with Crippen LogP contribution in [0.3, 0.4) is 0 Å². The van der Waals surface area contributed by atoms with Gasteiger partial charge in [-0.15, -0.1) is 0 Å². The number of rotatable bonds is 5. The van der Waals surface area contributed by atoms with E-state index in [0.717, 1.165) is 66.0 Å². The zero-order valence-corrected chi connectivity index (χ0v) is 34.3. The van der Waals surface area contributed by atoms with Crippen molar-refractivity contribution in [2.75, 3.05) is 13.1 Å². The Morgan fingerprint density at radius 3 is 1.95 bits per heavy atom. The van der Waals surface area contributed by atoms with Crippen LogP contribution in [0.4, 0.5) is 9.59 Å². The van der Waals surface area contributed by atoms with Gasteiger partial charge in [-0.05, 0) is 149 Å². The molecule has 4 aliphatic rings. The zero-order chi connectivity index (χ0) is 39.7. The van der Waals surface area contributed by atoms with Crippen molar-refractivity contribution >= 4 is 23.2 Å². The molecule has 2 amide bonds. The lowest BCUT2D eigenvalue weighted by atomic mass is 9.76. The lowest BCUT2D eigenvalue weighted by molar-refractivity contribution is 0.0208. The molecule has 3 aromatic carbocycles. The third kappa shape index (κ3) is 7.10. The van der Waals surface area contributed by atoms with Crippen molar-refractivity contribution in [3.63, 3.8) is 0 Å². The number of carbonyl (C=O) groups is 2. The average Bonchev–Trinajstić information content (AvgIpc) is 4.02. The summed E-state index contributed by atoms with van der Waals surface area (Å²) in [6.07, 6.45) is 12.2. The summed E-state index contributed by atoms with van der Waals surface area (Å²) in [5.74, 6) is 1.63. The molecule has 2 aliphatic heterocycles. The van der Waals surface area contributed by atoms with E-state index in [-0.39, 0.29) is 29.7 Å². The highest BCUT2D eigenvalue weighted by Gasteiger charge is 2.44. The highest BCUT2D eigenvalue weighted by Crippen LogP contribution is 2.55. The average molecular weight is 769 g/mol. The number of amides is 2. The Hall–Kier alpha value is -5.12. The summed E-state index contributed by atoms with van der Waals surface area (Å²) >= 11 is 0. The number of imidazole rings is 2. The molecule has 3 fully saturated rings. The van der Waals surface area contributed by atoms with Crippen molar-refractivity contribution in [3.8, 4) is 33.5 Å². The second kappa shape index (κ2) is 14.1. The number of hydrogen-bond donors (Lipinski definition) is 2. The van der Waals surface area contributed by atoms with Crippen LogP contribution in [-0.2, 0) is 21.3 Å². The molecule has 0 radical (unpaired) electrons. The van der Waals surface area contributed by atoms with Gasteiger partial charge in [-0.25, -0.2) is 19.6 Å². The first kappa shape index (κ1) is 37.5. The van der Waals surface area contributed by atoms with Gasteiger partial charge in [0.15, 0.2) is 0 Å². The molecule has 1 saturated carbocycles. The van der Waals surface area contributed by atoms with Gasteiger partial charge < -0.3 is 19.4 Å². The Balaban J connectivity index is 0.997. The molecule has 1 unspecified atom stereocenters. The van der Waals surface area contributed by atoms with Crippen molar-refractivity contribution in [1.82, 2.24) is 29.7 Å². The van der Waals surface area contributed by atoms with E-state index < -0.39 is 11.2 Å². The summed E-state index contributed by atoms with van der Waals surface area (Å²) < 4.78 is 11.4. The van der Waals surface area contributed by atoms with Gasteiger partial charge in [0.2, 0.25) is 0 Å². The molecule has 1 spiro atoms. The molecule has 10 nitrogen and oxygen atoms in total. The molecule has 0 bridgehead atoms. The lowest BCUT2D eigenvalue weighted by Crippen LogP contribution is -2.36. The molecule has 2 saturated heterocycles. The van der Waals surface area contributed by atoms with E-state index in [1.54, 1.807) is 5.56 Å². The zero-order valence-electron chi connectivity index (χ0n) is 34.3. The maximum Gasteiger partial charge on any atom is 0.410 e. The number of carbonyl (C=O) groups excluding carboxylic acids is 2. The van der Waals surface area contributed by atoms with Gasteiger partial charge in [0.25, 0.3) is 0 Å². The maximum absolute atomic E-state index is 13.1. The fourth-order valence-corrected chi connectivity index (χ4v) is 10.1. The SMILES string of the molecule is CC(C)(C)OC(=O)N1CCCC1c1nc2ccc(-c3ccc(-c4ccc(-c5cnc([C@@H]6CCCN6C(=O)OC(C)(C)C)[nH]5)cc4)c4c3CCC43CCCC3)cc2[nH]1. The van der Waals surface area contributed by atoms with E-state index in [4.69, 9.17) is 19.4 Å². The Bertz CT molecular complexity index is 2320.